The standard InChI is InChI=1S/C29H26N8OS/c38-26(11-17-3-7-30-8-4-17)33-20-12-19(14-31-15-20)23-1-2-24-27(34-23)28(37-36-24)25-13-22-21(18-6-10-39-16-18)5-9-32-29(22)35-25/h1-2,5-6,9-10,12-17,30H,3-4,7-8,11H2,(H,32,35)(H,33,38)(H,36,37). The van der Waals surface area contributed by atoms with E-state index in [9.17, 15) is 4.79 Å². The summed E-state index contributed by atoms with van der Waals surface area (Å²) in [5.41, 5.74) is 8.48. The summed E-state index contributed by atoms with van der Waals surface area (Å²) in [4.78, 5) is 29.9. The molecule has 10 heteroatoms. The number of fused-ring (bicyclic) bond motifs is 2. The average Bonchev–Trinajstić information content (AvgIpc) is 3.73. The molecule has 0 bridgehead atoms. The Morgan fingerprint density at radius 1 is 1.08 bits per heavy atom. The number of nitrogens with zero attached hydrogens (tertiary/aromatic N) is 4. The first-order valence-corrected chi connectivity index (χ1v) is 14.0. The summed E-state index contributed by atoms with van der Waals surface area (Å²) in [5, 5.41) is 19.3. The number of pyridine rings is 3. The highest BCUT2D eigenvalue weighted by Crippen LogP contribution is 2.34. The van der Waals surface area contributed by atoms with Crippen LogP contribution >= 0.6 is 11.3 Å². The first-order valence-electron chi connectivity index (χ1n) is 13.0. The van der Waals surface area contributed by atoms with E-state index < -0.39 is 0 Å². The molecule has 9 nitrogen and oxygen atoms in total. The lowest BCUT2D eigenvalue weighted by molar-refractivity contribution is -0.117. The van der Waals surface area contributed by atoms with Gasteiger partial charge in [0, 0.05) is 29.8 Å². The Balaban J connectivity index is 1.19. The van der Waals surface area contributed by atoms with Crippen molar-refractivity contribution >= 4 is 45.0 Å². The topological polar surface area (TPSA) is 124 Å². The van der Waals surface area contributed by atoms with Crippen LogP contribution in [0.25, 0.3) is 55.8 Å². The molecule has 7 rings (SSSR count). The summed E-state index contributed by atoms with van der Waals surface area (Å²) >= 11 is 1.67. The van der Waals surface area contributed by atoms with Crippen molar-refractivity contribution in [2.24, 2.45) is 5.92 Å². The van der Waals surface area contributed by atoms with E-state index in [0.29, 0.717) is 18.0 Å². The number of thiophene rings is 1. The summed E-state index contributed by atoms with van der Waals surface area (Å²) in [6.45, 7) is 1.95. The van der Waals surface area contributed by atoms with Crippen molar-refractivity contribution in [3.63, 3.8) is 0 Å². The molecular formula is C29H26N8OS. The second-order valence-electron chi connectivity index (χ2n) is 9.89. The molecule has 6 aromatic rings. The summed E-state index contributed by atoms with van der Waals surface area (Å²) in [5.74, 6) is 0.447. The minimum Gasteiger partial charge on any atom is -0.338 e. The van der Waals surface area contributed by atoms with Crippen molar-refractivity contribution in [1.82, 2.24) is 35.5 Å². The van der Waals surface area contributed by atoms with E-state index in [4.69, 9.17) is 4.98 Å². The Morgan fingerprint density at radius 3 is 2.87 bits per heavy atom. The van der Waals surface area contributed by atoms with Gasteiger partial charge < -0.3 is 15.6 Å². The molecule has 1 saturated heterocycles. The molecular weight excluding hydrogens is 508 g/mol. The molecule has 1 amide bonds. The maximum Gasteiger partial charge on any atom is 0.224 e. The zero-order chi connectivity index (χ0) is 26.2. The molecule has 6 aromatic heterocycles. The number of anilines is 1. The summed E-state index contributed by atoms with van der Waals surface area (Å²) < 4.78 is 0. The molecule has 1 fully saturated rings. The van der Waals surface area contributed by atoms with Crippen molar-refractivity contribution < 1.29 is 4.79 Å². The van der Waals surface area contributed by atoms with Crippen LogP contribution in [-0.2, 0) is 4.79 Å². The van der Waals surface area contributed by atoms with E-state index in [0.717, 1.165) is 76.2 Å². The second-order valence-corrected chi connectivity index (χ2v) is 10.7. The van der Waals surface area contributed by atoms with E-state index >= 15 is 0 Å². The van der Waals surface area contributed by atoms with Crippen LogP contribution in [0.4, 0.5) is 5.69 Å². The number of piperidine rings is 1. The number of H-pyrrole nitrogens is 2. The van der Waals surface area contributed by atoms with Crippen molar-refractivity contribution in [2.75, 3.05) is 18.4 Å². The van der Waals surface area contributed by atoms with Crippen LogP contribution in [0, 0.1) is 5.92 Å². The molecule has 1 aliphatic heterocycles. The van der Waals surface area contributed by atoms with Crippen molar-refractivity contribution in [2.45, 2.75) is 19.3 Å². The predicted octanol–water partition coefficient (Wildman–Crippen LogP) is 5.62. The molecule has 0 aliphatic carbocycles. The van der Waals surface area contributed by atoms with E-state index in [1.54, 1.807) is 23.7 Å². The number of nitrogens with one attached hydrogen (secondary N) is 4. The minimum absolute atomic E-state index is 0.0237. The van der Waals surface area contributed by atoms with Crippen LogP contribution in [0.2, 0.25) is 0 Å². The monoisotopic (exact) mass is 534 g/mol. The Bertz CT molecular complexity index is 1780. The van der Waals surface area contributed by atoms with E-state index in [1.807, 2.05) is 30.5 Å². The molecule has 39 heavy (non-hydrogen) atoms. The highest BCUT2D eigenvalue weighted by atomic mass is 32.1. The molecule has 0 atom stereocenters. The van der Waals surface area contributed by atoms with Crippen LogP contribution in [0.5, 0.6) is 0 Å². The Hall–Kier alpha value is -4.41. The first-order chi connectivity index (χ1) is 19.2. The average molecular weight is 535 g/mol. The SMILES string of the molecule is O=C(CC1CCNCC1)Nc1cncc(-c2ccc3[nH]nc(-c4cc5c(-c6ccsc6)ccnc5[nH]4)c3n2)c1. The summed E-state index contributed by atoms with van der Waals surface area (Å²) in [6.07, 6.45) is 7.85. The number of rotatable bonds is 6. The van der Waals surface area contributed by atoms with Gasteiger partial charge in [0.25, 0.3) is 0 Å². The summed E-state index contributed by atoms with van der Waals surface area (Å²) in [7, 11) is 0. The number of carbonyl (C=O) groups is 1. The van der Waals surface area contributed by atoms with Gasteiger partial charge in [-0.1, -0.05) is 0 Å². The van der Waals surface area contributed by atoms with E-state index in [1.165, 1.54) is 5.56 Å². The Labute approximate surface area is 228 Å². The van der Waals surface area contributed by atoms with Gasteiger partial charge >= 0.3 is 0 Å². The minimum atomic E-state index is 0.0237. The van der Waals surface area contributed by atoms with Gasteiger partial charge in [-0.15, -0.1) is 0 Å². The maximum absolute atomic E-state index is 12.6. The molecule has 0 aromatic carbocycles. The molecule has 0 saturated carbocycles. The van der Waals surface area contributed by atoms with Crippen LogP contribution < -0.4 is 10.6 Å². The maximum atomic E-state index is 12.6. The largest absolute Gasteiger partial charge is 0.338 e. The summed E-state index contributed by atoms with van der Waals surface area (Å²) in [6, 6.07) is 12.0. The Kier molecular flexibility index (Phi) is 6.10. The highest BCUT2D eigenvalue weighted by molar-refractivity contribution is 7.08. The number of hydrogen-bond acceptors (Lipinski definition) is 7. The smallest absolute Gasteiger partial charge is 0.224 e. The van der Waals surface area contributed by atoms with E-state index in [-0.39, 0.29) is 5.91 Å². The van der Waals surface area contributed by atoms with Gasteiger partial charge in [0.2, 0.25) is 5.91 Å². The molecule has 4 N–H and O–H groups in total. The van der Waals surface area contributed by atoms with Crippen LogP contribution in [0.15, 0.2) is 65.7 Å². The normalized spacial score (nSPS) is 14.3. The fraction of sp³-hybridized carbons (Fsp3) is 0.207. The third kappa shape index (κ3) is 4.68. The van der Waals surface area contributed by atoms with Gasteiger partial charge in [-0.3, -0.25) is 14.9 Å². The first kappa shape index (κ1) is 23.7. The van der Waals surface area contributed by atoms with Crippen LogP contribution in [0.1, 0.15) is 19.3 Å². The van der Waals surface area contributed by atoms with Gasteiger partial charge in [-0.05, 0) is 90.1 Å². The predicted molar refractivity (Wildman–Crippen MR) is 154 cm³/mol. The number of carbonyl (C=O) groups excluding carboxylic acids is 1. The fourth-order valence-electron chi connectivity index (χ4n) is 5.28. The van der Waals surface area contributed by atoms with Gasteiger partial charge in [0.05, 0.1) is 28.8 Å². The highest BCUT2D eigenvalue weighted by Gasteiger charge is 2.18. The lowest BCUT2D eigenvalue weighted by Gasteiger charge is -2.21. The lowest BCUT2D eigenvalue weighted by Crippen LogP contribution is -2.30. The molecule has 0 radical (unpaired) electrons. The molecule has 1 aliphatic rings. The number of hydrogen-bond donors (Lipinski definition) is 4. The third-order valence-corrected chi connectivity index (χ3v) is 7.96. The van der Waals surface area contributed by atoms with Crippen LogP contribution in [0.3, 0.4) is 0 Å². The van der Waals surface area contributed by atoms with Gasteiger partial charge in [0.15, 0.2) is 0 Å². The van der Waals surface area contributed by atoms with Crippen molar-refractivity contribution in [3.05, 3.63) is 65.7 Å². The number of aromatic nitrogens is 6. The lowest BCUT2D eigenvalue weighted by atomic mass is 9.94. The Morgan fingerprint density at radius 2 is 2.00 bits per heavy atom. The van der Waals surface area contributed by atoms with E-state index in [2.05, 4.69) is 58.7 Å². The van der Waals surface area contributed by atoms with Gasteiger partial charge in [-0.2, -0.15) is 16.4 Å². The zero-order valence-corrected chi connectivity index (χ0v) is 21.9. The molecule has 7 heterocycles. The fourth-order valence-corrected chi connectivity index (χ4v) is 5.94. The molecule has 0 unspecified atom stereocenters. The second kappa shape index (κ2) is 10.0. The molecule has 194 valence electrons. The number of aromatic amines is 2. The zero-order valence-electron chi connectivity index (χ0n) is 21.1. The number of amides is 1. The van der Waals surface area contributed by atoms with Crippen LogP contribution in [-0.4, -0.2) is 49.1 Å². The van der Waals surface area contributed by atoms with Crippen molar-refractivity contribution in [1.29, 1.82) is 0 Å². The quantitative estimate of drug-likeness (QED) is 0.220. The molecule has 0 spiro atoms. The van der Waals surface area contributed by atoms with Crippen molar-refractivity contribution in [3.8, 4) is 33.8 Å². The van der Waals surface area contributed by atoms with Gasteiger partial charge in [-0.25, -0.2) is 9.97 Å². The van der Waals surface area contributed by atoms with Gasteiger partial charge in [0.1, 0.15) is 16.9 Å². The third-order valence-electron chi connectivity index (χ3n) is 7.28.